The van der Waals surface area contributed by atoms with Gasteiger partial charge in [-0.2, -0.15) is 5.10 Å². The highest BCUT2D eigenvalue weighted by atomic mass is 16.5. The SMILES string of the molecule is CC(NC(=O)c1cc(N)n[nH]1)C1CCOC1. The van der Waals surface area contributed by atoms with E-state index in [1.54, 1.807) is 0 Å². The molecule has 0 radical (unpaired) electrons. The van der Waals surface area contributed by atoms with Gasteiger partial charge in [0.15, 0.2) is 0 Å². The zero-order valence-electron chi connectivity index (χ0n) is 9.19. The van der Waals surface area contributed by atoms with Crippen molar-refractivity contribution in [3.8, 4) is 0 Å². The summed E-state index contributed by atoms with van der Waals surface area (Å²) < 4.78 is 5.28. The van der Waals surface area contributed by atoms with E-state index < -0.39 is 0 Å². The molecule has 0 spiro atoms. The Bertz CT molecular complexity index is 371. The maximum atomic E-state index is 11.7. The van der Waals surface area contributed by atoms with E-state index in [0.717, 1.165) is 13.0 Å². The third kappa shape index (κ3) is 2.33. The third-order valence-electron chi connectivity index (χ3n) is 2.87. The van der Waals surface area contributed by atoms with Crippen molar-refractivity contribution in [1.82, 2.24) is 15.5 Å². The molecule has 1 aromatic rings. The van der Waals surface area contributed by atoms with Gasteiger partial charge in [0.2, 0.25) is 0 Å². The van der Waals surface area contributed by atoms with Crippen LogP contribution in [0.3, 0.4) is 0 Å². The number of rotatable bonds is 3. The summed E-state index contributed by atoms with van der Waals surface area (Å²) in [5.41, 5.74) is 5.82. The number of anilines is 1. The standard InChI is InChI=1S/C10H16N4O2/c1-6(7-2-3-16-5-7)12-10(15)8-4-9(11)14-13-8/h4,6-7H,2-3,5H2,1H3,(H,12,15)(H3,11,13,14). The molecule has 1 aliphatic heterocycles. The molecule has 88 valence electrons. The number of aromatic nitrogens is 2. The number of nitrogens with two attached hydrogens (primary N) is 1. The van der Waals surface area contributed by atoms with E-state index in [2.05, 4.69) is 15.5 Å². The first kappa shape index (κ1) is 10.9. The van der Waals surface area contributed by atoms with Crippen molar-refractivity contribution in [3.05, 3.63) is 11.8 Å². The molecule has 1 aliphatic rings. The van der Waals surface area contributed by atoms with Gasteiger partial charge in [-0.05, 0) is 13.3 Å². The topological polar surface area (TPSA) is 93.0 Å². The minimum absolute atomic E-state index is 0.0968. The molecule has 6 heteroatoms. The highest BCUT2D eigenvalue weighted by molar-refractivity contribution is 5.93. The number of nitrogens with one attached hydrogen (secondary N) is 2. The van der Waals surface area contributed by atoms with Crippen LogP contribution in [0.15, 0.2) is 6.07 Å². The van der Waals surface area contributed by atoms with Crippen molar-refractivity contribution in [1.29, 1.82) is 0 Å². The van der Waals surface area contributed by atoms with Crippen molar-refractivity contribution >= 4 is 11.7 Å². The van der Waals surface area contributed by atoms with Crippen LogP contribution in [0.5, 0.6) is 0 Å². The number of hydrogen-bond acceptors (Lipinski definition) is 4. The minimum Gasteiger partial charge on any atom is -0.382 e. The van der Waals surface area contributed by atoms with Gasteiger partial charge in [0.05, 0.1) is 6.61 Å². The summed E-state index contributed by atoms with van der Waals surface area (Å²) in [5.74, 6) is 0.537. The van der Waals surface area contributed by atoms with Crippen LogP contribution in [-0.4, -0.2) is 35.4 Å². The number of carbonyl (C=O) groups excluding carboxylic acids is 1. The molecule has 0 aromatic carbocycles. The molecular weight excluding hydrogens is 208 g/mol. The molecule has 0 aliphatic carbocycles. The summed E-state index contributed by atoms with van der Waals surface area (Å²) in [4.78, 5) is 11.7. The first-order chi connectivity index (χ1) is 7.66. The van der Waals surface area contributed by atoms with Crippen molar-refractivity contribution < 1.29 is 9.53 Å². The number of aromatic amines is 1. The molecule has 0 saturated carbocycles. The molecule has 16 heavy (non-hydrogen) atoms. The highest BCUT2D eigenvalue weighted by Gasteiger charge is 2.24. The van der Waals surface area contributed by atoms with Crippen LogP contribution in [0.4, 0.5) is 5.82 Å². The second-order valence-electron chi connectivity index (χ2n) is 4.09. The molecule has 1 aromatic heterocycles. The first-order valence-corrected chi connectivity index (χ1v) is 5.36. The van der Waals surface area contributed by atoms with Gasteiger partial charge in [0.25, 0.3) is 5.91 Å². The fourth-order valence-electron chi connectivity index (χ4n) is 1.80. The first-order valence-electron chi connectivity index (χ1n) is 5.36. The Morgan fingerprint density at radius 2 is 2.62 bits per heavy atom. The van der Waals surface area contributed by atoms with E-state index in [9.17, 15) is 4.79 Å². The van der Waals surface area contributed by atoms with Gasteiger partial charge in [0.1, 0.15) is 11.5 Å². The van der Waals surface area contributed by atoms with Gasteiger partial charge in [-0.3, -0.25) is 9.89 Å². The number of ether oxygens (including phenoxy) is 1. The maximum Gasteiger partial charge on any atom is 0.269 e. The second-order valence-corrected chi connectivity index (χ2v) is 4.09. The summed E-state index contributed by atoms with van der Waals surface area (Å²) in [6, 6.07) is 1.62. The molecule has 2 heterocycles. The second kappa shape index (κ2) is 4.52. The lowest BCUT2D eigenvalue weighted by Gasteiger charge is -2.18. The molecule has 2 rings (SSSR count). The Hall–Kier alpha value is -1.56. The highest BCUT2D eigenvalue weighted by Crippen LogP contribution is 2.16. The molecule has 2 atom stereocenters. The minimum atomic E-state index is -0.177. The van der Waals surface area contributed by atoms with E-state index in [-0.39, 0.29) is 11.9 Å². The Kier molecular flexibility index (Phi) is 3.09. The van der Waals surface area contributed by atoms with Crippen LogP contribution < -0.4 is 11.1 Å². The Morgan fingerprint density at radius 1 is 1.81 bits per heavy atom. The van der Waals surface area contributed by atoms with Gasteiger partial charge in [0, 0.05) is 24.6 Å². The molecule has 4 N–H and O–H groups in total. The molecule has 2 unspecified atom stereocenters. The normalized spacial score (nSPS) is 21.9. The fourth-order valence-corrected chi connectivity index (χ4v) is 1.80. The van der Waals surface area contributed by atoms with Crippen LogP contribution in [-0.2, 0) is 4.74 Å². The van der Waals surface area contributed by atoms with Gasteiger partial charge >= 0.3 is 0 Å². The van der Waals surface area contributed by atoms with Crippen LogP contribution in [0.25, 0.3) is 0 Å². The zero-order valence-corrected chi connectivity index (χ0v) is 9.19. The number of H-pyrrole nitrogens is 1. The number of nitrogens with zero attached hydrogens (tertiary/aromatic N) is 1. The van der Waals surface area contributed by atoms with E-state index in [1.807, 2.05) is 6.92 Å². The van der Waals surface area contributed by atoms with E-state index in [4.69, 9.17) is 10.5 Å². The zero-order chi connectivity index (χ0) is 11.5. The summed E-state index contributed by atoms with van der Waals surface area (Å²) in [7, 11) is 0. The van der Waals surface area contributed by atoms with Crippen LogP contribution in [0.2, 0.25) is 0 Å². The Balaban J connectivity index is 1.91. The van der Waals surface area contributed by atoms with Crippen molar-refractivity contribution in [2.45, 2.75) is 19.4 Å². The summed E-state index contributed by atoms with van der Waals surface area (Å²) >= 11 is 0. The number of hydrogen-bond donors (Lipinski definition) is 3. The molecule has 0 bridgehead atoms. The average molecular weight is 224 g/mol. The monoisotopic (exact) mass is 224 g/mol. The largest absolute Gasteiger partial charge is 0.382 e. The van der Waals surface area contributed by atoms with Crippen LogP contribution >= 0.6 is 0 Å². The summed E-state index contributed by atoms with van der Waals surface area (Å²) in [6.07, 6.45) is 0.993. The van der Waals surface area contributed by atoms with Gasteiger partial charge in [-0.25, -0.2) is 0 Å². The lowest BCUT2D eigenvalue weighted by atomic mass is 10.0. The number of carbonyl (C=O) groups is 1. The predicted octanol–water partition coefficient (Wildman–Crippen LogP) is 0.147. The summed E-state index contributed by atoms with van der Waals surface area (Å²) in [5, 5.41) is 9.20. The van der Waals surface area contributed by atoms with E-state index in [0.29, 0.717) is 24.0 Å². The molecule has 1 fully saturated rings. The van der Waals surface area contributed by atoms with Gasteiger partial charge < -0.3 is 15.8 Å². The predicted molar refractivity (Wildman–Crippen MR) is 58.9 cm³/mol. The van der Waals surface area contributed by atoms with Gasteiger partial charge in [-0.15, -0.1) is 0 Å². The van der Waals surface area contributed by atoms with Crippen molar-refractivity contribution in [3.63, 3.8) is 0 Å². The smallest absolute Gasteiger partial charge is 0.269 e. The quantitative estimate of drug-likeness (QED) is 0.681. The molecule has 1 saturated heterocycles. The van der Waals surface area contributed by atoms with E-state index >= 15 is 0 Å². The van der Waals surface area contributed by atoms with Crippen molar-refractivity contribution in [2.24, 2.45) is 5.92 Å². The van der Waals surface area contributed by atoms with Crippen LogP contribution in [0.1, 0.15) is 23.8 Å². The maximum absolute atomic E-state index is 11.7. The van der Waals surface area contributed by atoms with E-state index in [1.165, 1.54) is 6.07 Å². The Labute approximate surface area is 93.5 Å². The lowest BCUT2D eigenvalue weighted by molar-refractivity contribution is 0.0917. The van der Waals surface area contributed by atoms with Gasteiger partial charge in [-0.1, -0.05) is 0 Å². The van der Waals surface area contributed by atoms with Crippen molar-refractivity contribution in [2.75, 3.05) is 18.9 Å². The molecule has 6 nitrogen and oxygen atoms in total. The third-order valence-corrected chi connectivity index (χ3v) is 2.87. The number of amides is 1. The molecule has 1 amide bonds. The molecular formula is C10H16N4O2. The van der Waals surface area contributed by atoms with Crippen LogP contribution in [0, 0.1) is 5.92 Å². The fraction of sp³-hybridized carbons (Fsp3) is 0.600. The Morgan fingerprint density at radius 3 is 3.19 bits per heavy atom. The average Bonchev–Trinajstić information content (AvgIpc) is 2.87. The lowest BCUT2D eigenvalue weighted by Crippen LogP contribution is -2.38. The summed E-state index contributed by atoms with van der Waals surface area (Å²) in [6.45, 7) is 3.48. The number of nitrogen functional groups attached to an aromatic ring is 1.